The van der Waals surface area contributed by atoms with Crippen molar-refractivity contribution in [3.05, 3.63) is 42.2 Å². The van der Waals surface area contributed by atoms with Gasteiger partial charge in [-0.1, -0.05) is 13.0 Å². The van der Waals surface area contributed by atoms with Crippen LogP contribution in [0.1, 0.15) is 24.9 Å². The summed E-state index contributed by atoms with van der Waals surface area (Å²) in [6, 6.07) is 8.27. The number of aromatic nitrogens is 2. The highest BCUT2D eigenvalue weighted by atomic mass is 16.7. The molecule has 3 rings (SSSR count). The Morgan fingerprint density at radius 3 is 3.05 bits per heavy atom. The Morgan fingerprint density at radius 1 is 1.35 bits per heavy atom. The molecule has 0 amide bonds. The number of nitrogens with zero attached hydrogens (tertiary/aromatic N) is 2. The molecule has 2 heterocycles. The van der Waals surface area contributed by atoms with Gasteiger partial charge in [0.1, 0.15) is 0 Å². The minimum atomic E-state index is 0.212. The molecule has 1 aliphatic rings. The fraction of sp³-hybridized carbons (Fsp3) is 0.400. The summed E-state index contributed by atoms with van der Waals surface area (Å²) in [6.07, 6.45) is 4.88. The highest BCUT2D eigenvalue weighted by molar-refractivity contribution is 5.45. The van der Waals surface area contributed by atoms with Crippen molar-refractivity contribution in [1.82, 2.24) is 15.1 Å². The first-order valence-corrected chi connectivity index (χ1v) is 6.97. The van der Waals surface area contributed by atoms with Crippen LogP contribution >= 0.6 is 0 Å². The van der Waals surface area contributed by atoms with Gasteiger partial charge in [0.15, 0.2) is 11.5 Å². The maximum atomic E-state index is 5.46. The van der Waals surface area contributed by atoms with E-state index in [9.17, 15) is 0 Å². The van der Waals surface area contributed by atoms with Gasteiger partial charge in [-0.15, -0.1) is 0 Å². The monoisotopic (exact) mass is 273 g/mol. The van der Waals surface area contributed by atoms with E-state index < -0.39 is 0 Å². The predicted octanol–water partition coefficient (Wildman–Crippen LogP) is 2.35. The quantitative estimate of drug-likeness (QED) is 0.877. The first-order chi connectivity index (χ1) is 9.86. The van der Waals surface area contributed by atoms with Crippen LogP contribution in [0.4, 0.5) is 0 Å². The van der Waals surface area contributed by atoms with E-state index in [1.807, 2.05) is 23.0 Å². The molecule has 1 aromatic carbocycles. The normalized spacial score (nSPS) is 14.4. The Balaban J connectivity index is 1.80. The Bertz CT molecular complexity index is 554. The minimum absolute atomic E-state index is 0.212. The molecule has 1 atom stereocenters. The molecule has 0 saturated carbocycles. The fourth-order valence-corrected chi connectivity index (χ4v) is 2.33. The van der Waals surface area contributed by atoms with E-state index in [2.05, 4.69) is 29.5 Å². The zero-order valence-corrected chi connectivity index (χ0v) is 11.6. The zero-order chi connectivity index (χ0) is 13.8. The molecular weight excluding hydrogens is 254 g/mol. The summed E-state index contributed by atoms with van der Waals surface area (Å²) >= 11 is 0. The number of rotatable bonds is 6. The molecular formula is C15H19N3O2. The third kappa shape index (κ3) is 2.77. The summed E-state index contributed by atoms with van der Waals surface area (Å²) in [6.45, 7) is 4.25. The van der Waals surface area contributed by atoms with E-state index in [0.29, 0.717) is 6.79 Å². The maximum Gasteiger partial charge on any atom is 0.231 e. The van der Waals surface area contributed by atoms with Gasteiger partial charge in [-0.2, -0.15) is 5.10 Å². The number of hydrogen-bond acceptors (Lipinski definition) is 4. The van der Waals surface area contributed by atoms with Crippen LogP contribution in [-0.2, 0) is 6.54 Å². The summed E-state index contributed by atoms with van der Waals surface area (Å²) in [5.74, 6) is 1.65. The van der Waals surface area contributed by atoms with E-state index >= 15 is 0 Å². The third-order valence-corrected chi connectivity index (χ3v) is 3.37. The Hall–Kier alpha value is -2.01. The van der Waals surface area contributed by atoms with Crippen molar-refractivity contribution in [2.75, 3.05) is 13.3 Å². The van der Waals surface area contributed by atoms with Gasteiger partial charge in [-0.3, -0.25) is 4.68 Å². The van der Waals surface area contributed by atoms with Gasteiger partial charge in [-0.25, -0.2) is 0 Å². The van der Waals surface area contributed by atoms with Crippen LogP contribution < -0.4 is 14.8 Å². The van der Waals surface area contributed by atoms with Crippen molar-refractivity contribution >= 4 is 0 Å². The van der Waals surface area contributed by atoms with Gasteiger partial charge in [-0.05, 0) is 36.7 Å². The van der Waals surface area contributed by atoms with Crippen LogP contribution in [0.3, 0.4) is 0 Å². The summed E-state index contributed by atoms with van der Waals surface area (Å²) in [5.41, 5.74) is 1.19. The van der Waals surface area contributed by atoms with E-state index in [4.69, 9.17) is 9.47 Å². The molecule has 0 aliphatic carbocycles. The number of nitrogens with one attached hydrogen (secondary N) is 1. The van der Waals surface area contributed by atoms with Crippen molar-refractivity contribution < 1.29 is 9.47 Å². The molecule has 1 N–H and O–H groups in total. The summed E-state index contributed by atoms with van der Waals surface area (Å²) < 4.78 is 12.8. The molecule has 1 aromatic heterocycles. The van der Waals surface area contributed by atoms with Crippen molar-refractivity contribution in [3.63, 3.8) is 0 Å². The second-order valence-corrected chi connectivity index (χ2v) is 4.85. The lowest BCUT2D eigenvalue weighted by atomic mass is 10.1. The Morgan fingerprint density at radius 2 is 2.25 bits per heavy atom. The van der Waals surface area contributed by atoms with Crippen LogP contribution in [-0.4, -0.2) is 23.1 Å². The smallest absolute Gasteiger partial charge is 0.231 e. The van der Waals surface area contributed by atoms with Gasteiger partial charge >= 0.3 is 0 Å². The third-order valence-electron chi connectivity index (χ3n) is 3.37. The van der Waals surface area contributed by atoms with Crippen LogP contribution in [0.15, 0.2) is 36.7 Å². The van der Waals surface area contributed by atoms with Gasteiger partial charge < -0.3 is 14.8 Å². The number of ether oxygens (including phenoxy) is 2. The summed E-state index contributed by atoms with van der Waals surface area (Å²) in [4.78, 5) is 0. The highest BCUT2D eigenvalue weighted by Gasteiger charge is 2.18. The molecule has 5 heteroatoms. The zero-order valence-electron chi connectivity index (χ0n) is 11.6. The average molecular weight is 273 g/mol. The van der Waals surface area contributed by atoms with Crippen LogP contribution in [0.25, 0.3) is 0 Å². The molecule has 1 aliphatic heterocycles. The summed E-state index contributed by atoms with van der Waals surface area (Å²) in [7, 11) is 0. The van der Waals surface area contributed by atoms with Gasteiger partial charge in [0.05, 0.1) is 12.6 Å². The van der Waals surface area contributed by atoms with Crippen LogP contribution in [0.2, 0.25) is 0 Å². The number of fused-ring (bicyclic) bond motifs is 1. The lowest BCUT2D eigenvalue weighted by molar-refractivity contribution is 0.174. The molecule has 20 heavy (non-hydrogen) atoms. The molecule has 2 aromatic rings. The molecule has 5 nitrogen and oxygen atoms in total. The van der Waals surface area contributed by atoms with E-state index in [1.165, 1.54) is 5.56 Å². The molecule has 0 fully saturated rings. The molecule has 0 spiro atoms. The van der Waals surface area contributed by atoms with Gasteiger partial charge in [0.2, 0.25) is 6.79 Å². The predicted molar refractivity (Wildman–Crippen MR) is 75.8 cm³/mol. The topological polar surface area (TPSA) is 48.3 Å². The van der Waals surface area contributed by atoms with Gasteiger partial charge in [0, 0.05) is 12.4 Å². The van der Waals surface area contributed by atoms with E-state index in [1.54, 1.807) is 6.20 Å². The van der Waals surface area contributed by atoms with Crippen LogP contribution in [0.5, 0.6) is 11.5 Å². The van der Waals surface area contributed by atoms with Crippen molar-refractivity contribution in [2.45, 2.75) is 25.9 Å². The average Bonchev–Trinajstić information content (AvgIpc) is 3.13. The van der Waals surface area contributed by atoms with Gasteiger partial charge in [0.25, 0.3) is 0 Å². The lowest BCUT2D eigenvalue weighted by Crippen LogP contribution is -2.26. The van der Waals surface area contributed by atoms with E-state index in [-0.39, 0.29) is 6.04 Å². The largest absolute Gasteiger partial charge is 0.454 e. The highest BCUT2D eigenvalue weighted by Crippen LogP contribution is 2.34. The number of benzene rings is 1. The Labute approximate surface area is 118 Å². The molecule has 0 bridgehead atoms. The SMILES string of the molecule is CCCNC(Cn1cccn1)c1ccc2c(c1)OCO2. The molecule has 106 valence electrons. The van der Waals surface area contributed by atoms with Crippen LogP contribution in [0, 0.1) is 0 Å². The fourth-order valence-electron chi connectivity index (χ4n) is 2.33. The first-order valence-electron chi connectivity index (χ1n) is 6.97. The lowest BCUT2D eigenvalue weighted by Gasteiger charge is -2.19. The standard InChI is InChI=1S/C15H19N3O2/c1-2-6-16-13(10-18-8-3-7-17-18)12-4-5-14-15(9-12)20-11-19-14/h3-5,7-9,13,16H,2,6,10-11H2,1H3. The maximum absolute atomic E-state index is 5.46. The molecule has 0 saturated heterocycles. The molecule has 1 unspecified atom stereocenters. The van der Waals surface area contributed by atoms with Crippen molar-refractivity contribution in [1.29, 1.82) is 0 Å². The van der Waals surface area contributed by atoms with Crippen molar-refractivity contribution in [3.8, 4) is 11.5 Å². The second-order valence-electron chi connectivity index (χ2n) is 4.85. The van der Waals surface area contributed by atoms with E-state index in [0.717, 1.165) is 31.0 Å². The summed E-state index contributed by atoms with van der Waals surface area (Å²) in [5, 5.41) is 7.84. The number of hydrogen-bond donors (Lipinski definition) is 1. The second kappa shape index (κ2) is 5.96. The van der Waals surface area contributed by atoms with Crippen molar-refractivity contribution in [2.24, 2.45) is 0 Å². The molecule has 0 radical (unpaired) electrons. The Kier molecular flexibility index (Phi) is 3.87. The first kappa shape index (κ1) is 13.0. The minimum Gasteiger partial charge on any atom is -0.454 e.